The number of carbonyl (C=O) groups excluding carboxylic acids is 12. The van der Waals surface area contributed by atoms with E-state index < -0.39 is 137 Å². The van der Waals surface area contributed by atoms with Crippen LogP contribution in [-0.4, -0.2) is 302 Å². The first kappa shape index (κ1) is 107. The number of hydrogen-bond donors (Lipinski definition) is 6. The summed E-state index contributed by atoms with van der Waals surface area (Å²) >= 11 is 0. The third-order valence-corrected chi connectivity index (χ3v) is 21.8. The Bertz CT molecular complexity index is 4040. The summed E-state index contributed by atoms with van der Waals surface area (Å²) in [4.78, 5) is 153. The van der Waals surface area contributed by atoms with E-state index in [1.165, 1.54) is 33.8 Å². The second kappa shape index (κ2) is 55.7. The van der Waals surface area contributed by atoms with Gasteiger partial charge in [-0.1, -0.05) is 94.1 Å². The van der Waals surface area contributed by atoms with Gasteiger partial charge in [-0.2, -0.15) is 0 Å². The second-order valence-electron chi connectivity index (χ2n) is 32.0. The zero-order valence-corrected chi connectivity index (χ0v) is 76.5. The molecule has 0 saturated carbocycles. The van der Waals surface area contributed by atoms with Gasteiger partial charge in [-0.05, 0) is 77.6 Å². The number of esters is 6. The highest BCUT2D eigenvalue weighted by molar-refractivity contribution is 6.00. The van der Waals surface area contributed by atoms with Gasteiger partial charge in [0.15, 0.2) is 37.0 Å². The number of benzene rings is 4. The molecule has 3 aliphatic rings. The maximum atomic E-state index is 14.1. The van der Waals surface area contributed by atoms with Crippen LogP contribution in [-0.2, 0) is 141 Å². The van der Waals surface area contributed by atoms with E-state index in [2.05, 4.69) is 33.5 Å². The van der Waals surface area contributed by atoms with Crippen molar-refractivity contribution in [3.05, 3.63) is 130 Å². The zero-order valence-electron chi connectivity index (χ0n) is 76.5. The Balaban J connectivity index is 0.848. The Morgan fingerprint density at radius 1 is 0.438 bits per heavy atom. The summed E-state index contributed by atoms with van der Waals surface area (Å²) < 4.78 is 108. The molecule has 0 bridgehead atoms. The van der Waals surface area contributed by atoms with E-state index in [9.17, 15) is 62.6 Å². The molecule has 6 N–H and O–H groups in total. The van der Waals surface area contributed by atoms with Crippen molar-refractivity contribution < 1.29 is 153 Å². The Morgan fingerprint density at radius 2 is 0.815 bits per heavy atom. The van der Waals surface area contributed by atoms with Crippen LogP contribution in [0.2, 0.25) is 0 Å². The second-order valence-corrected chi connectivity index (χ2v) is 32.0. The summed E-state index contributed by atoms with van der Waals surface area (Å²) in [5.41, 5.74) is 0.971. The van der Waals surface area contributed by atoms with E-state index in [1.54, 1.807) is 26.4 Å². The lowest BCUT2D eigenvalue weighted by Gasteiger charge is -2.44. The van der Waals surface area contributed by atoms with Crippen molar-refractivity contribution >= 4 is 71.3 Å². The molecule has 12 atom stereocenters. The van der Waals surface area contributed by atoms with Gasteiger partial charge in [-0.15, -0.1) is 0 Å². The Kier molecular flexibility index (Phi) is 45.7. The summed E-state index contributed by atoms with van der Waals surface area (Å²) in [6.07, 6.45) is -4.81. The van der Waals surface area contributed by atoms with Crippen LogP contribution >= 0.6 is 0 Å². The maximum absolute atomic E-state index is 14.1. The van der Waals surface area contributed by atoms with Crippen LogP contribution in [0.15, 0.2) is 97.1 Å². The number of ether oxygens (including phenoxy) is 19. The number of methoxy groups -OCH3 is 2. The van der Waals surface area contributed by atoms with E-state index in [1.807, 2.05) is 90.7 Å². The molecular weight excluding hydrogens is 1700 g/mol. The number of hydrogen-bond acceptors (Lipinski definition) is 32. The van der Waals surface area contributed by atoms with Crippen molar-refractivity contribution in [2.75, 3.05) is 159 Å². The number of aliphatic hydroxyl groups is 1. The molecule has 720 valence electrons. The number of carbonyl (C=O) groups is 12. The van der Waals surface area contributed by atoms with Crippen LogP contribution in [0.1, 0.15) is 164 Å². The van der Waals surface area contributed by atoms with Gasteiger partial charge in [0.05, 0.1) is 120 Å². The van der Waals surface area contributed by atoms with Crippen molar-refractivity contribution in [1.82, 2.24) is 31.5 Å². The molecule has 38 heteroatoms. The van der Waals surface area contributed by atoms with Crippen LogP contribution in [0.4, 0.5) is 0 Å². The van der Waals surface area contributed by atoms with Gasteiger partial charge in [0, 0.05) is 123 Å². The van der Waals surface area contributed by atoms with Crippen molar-refractivity contribution in [3.8, 4) is 11.5 Å². The average molecular weight is 1830 g/mol. The lowest BCUT2D eigenvalue weighted by molar-refractivity contribution is -0.279. The standard InChI is InChI=1S/C92H130N6O32/c1-60(100)96-80-84(127-66(7)106)82(125-64(5)104)76(54-122-62(3)102)129-88(80)120-48-46-118-44-42-116-40-38-114-36-34-93-86(110)69-50-68(51-70(52-69)87(111)94-35-37-115-39-41-117-43-45-119-47-49-121-89-81(97-61(2)101)85(128-67(8)107)83(126-65(6)105)77(130-89)55-123-63(4)103)53-95-78(108)24-20-15-13-14-16-21-25-79(109)98-56-90(9,58-99)91(10,57-98)59-124-92(71-22-18-17-19-23-71,72-26-30-74(112-11)31-27-72)73-28-32-75(113-12)33-29-73/h17-19,22-23,26-33,50-52,76-77,80-85,88-89,99H,13-16,20-21,24-25,34-49,53-59H2,1-12H3,(H,93,110)(H,94,111)(H,95,108)(H,96,100)(H,97,101)/t76-,77-,80?,81?,82+,83+,84-,85?,88?,89?,90-,91?/m1/s1. The highest BCUT2D eigenvalue weighted by Gasteiger charge is 2.56. The van der Waals surface area contributed by atoms with E-state index >= 15 is 0 Å². The fourth-order valence-electron chi connectivity index (χ4n) is 15.1. The molecule has 3 saturated heterocycles. The van der Waals surface area contributed by atoms with Crippen LogP contribution in [0.5, 0.6) is 11.5 Å². The normalized spacial score (nSPS) is 21.2. The van der Waals surface area contributed by atoms with E-state index in [0.717, 1.165) is 70.1 Å². The fourth-order valence-corrected chi connectivity index (χ4v) is 15.1. The molecule has 0 radical (unpaired) electrons. The van der Waals surface area contributed by atoms with Crippen molar-refractivity contribution in [2.24, 2.45) is 10.8 Å². The average Bonchev–Trinajstić information content (AvgIpc) is 1.75. The SMILES string of the molecule is COc1ccc(C(OCC2(C)CN(C(=O)CCCCCCCCC(=O)NCc3cc(C(=O)NCCOCCOCCOCCOC4O[C@H](COC(C)=O)[C@H](OC(C)=O)C(OC(C)=O)C4NC(C)=O)cc(C(=O)NCCOCCOCCOCCOC4O[C@H](COC(C)=O)[C@H](OC(C)=O)[C@H](OC(C)=O)C4NC(C)=O)c3)C[C@]2(C)CO)(c2ccccc2)c2ccc(OC)cc2)cc1. The number of likely N-dealkylation sites (tertiary alicyclic amines) is 1. The molecule has 3 heterocycles. The lowest BCUT2D eigenvalue weighted by Crippen LogP contribution is -2.66. The van der Waals surface area contributed by atoms with E-state index in [-0.39, 0.29) is 168 Å². The first-order valence-electron chi connectivity index (χ1n) is 43.7. The summed E-state index contributed by atoms with van der Waals surface area (Å²) in [7, 11) is 3.24. The lowest BCUT2D eigenvalue weighted by atomic mass is 9.68. The minimum absolute atomic E-state index is 0.00726. The summed E-state index contributed by atoms with van der Waals surface area (Å²) in [6, 6.07) is 27.9. The number of nitrogens with one attached hydrogen (secondary N) is 5. The van der Waals surface area contributed by atoms with Crippen LogP contribution in [0.25, 0.3) is 0 Å². The molecule has 130 heavy (non-hydrogen) atoms. The molecule has 0 aromatic heterocycles. The number of unbranched alkanes of at least 4 members (excludes halogenated alkanes) is 5. The number of amides is 6. The quantitative estimate of drug-likeness (QED) is 0.0143. The highest BCUT2D eigenvalue weighted by atomic mass is 16.7. The predicted molar refractivity (Wildman–Crippen MR) is 463 cm³/mol. The number of nitrogens with zero attached hydrogens (tertiary/aromatic N) is 1. The van der Waals surface area contributed by atoms with Gasteiger partial charge in [0.2, 0.25) is 23.6 Å². The van der Waals surface area contributed by atoms with Gasteiger partial charge in [-0.3, -0.25) is 57.5 Å². The fraction of sp³-hybridized carbons (Fsp3) is 0.609. The molecule has 3 fully saturated rings. The number of aliphatic hydroxyl groups excluding tert-OH is 1. The maximum Gasteiger partial charge on any atom is 0.303 e. The van der Waals surface area contributed by atoms with Crippen LogP contribution < -0.4 is 36.1 Å². The van der Waals surface area contributed by atoms with Gasteiger partial charge >= 0.3 is 35.8 Å². The Labute approximate surface area is 758 Å². The Morgan fingerprint density at radius 3 is 1.21 bits per heavy atom. The van der Waals surface area contributed by atoms with Gasteiger partial charge in [0.1, 0.15) is 54.6 Å². The first-order chi connectivity index (χ1) is 62.3. The third kappa shape index (κ3) is 34.7. The Hall–Kier alpha value is -10.4. The number of rotatable bonds is 58. The third-order valence-electron chi connectivity index (χ3n) is 21.8. The van der Waals surface area contributed by atoms with Crippen molar-refractivity contribution in [2.45, 2.75) is 194 Å². The molecule has 4 aromatic rings. The van der Waals surface area contributed by atoms with Crippen molar-refractivity contribution in [1.29, 1.82) is 0 Å². The van der Waals surface area contributed by atoms with Gasteiger partial charge in [-0.25, -0.2) is 0 Å². The molecule has 3 aliphatic heterocycles. The predicted octanol–water partition coefficient (Wildman–Crippen LogP) is 5.20. The molecule has 6 amide bonds. The topological polar surface area (TPSA) is 464 Å². The smallest absolute Gasteiger partial charge is 0.303 e. The summed E-state index contributed by atoms with van der Waals surface area (Å²) in [5, 5.41) is 24.9. The summed E-state index contributed by atoms with van der Waals surface area (Å²) in [5.74, 6) is -5.19. The van der Waals surface area contributed by atoms with E-state index in [0.29, 0.717) is 49.4 Å². The largest absolute Gasteiger partial charge is 0.497 e. The zero-order chi connectivity index (χ0) is 94.6. The minimum atomic E-state index is -1.28. The molecule has 0 aliphatic carbocycles. The molecule has 7 rings (SSSR count). The highest BCUT2D eigenvalue weighted by Crippen LogP contribution is 2.50. The van der Waals surface area contributed by atoms with E-state index in [4.69, 9.17) is 90.0 Å². The van der Waals surface area contributed by atoms with Gasteiger partial charge in [0.25, 0.3) is 11.8 Å². The molecule has 0 spiro atoms. The molecule has 4 aromatic carbocycles. The molecule has 6 unspecified atom stereocenters. The monoisotopic (exact) mass is 1830 g/mol. The minimum Gasteiger partial charge on any atom is -0.497 e. The van der Waals surface area contributed by atoms with Gasteiger partial charge < -0.3 is 127 Å². The summed E-state index contributed by atoms with van der Waals surface area (Å²) in [6.45, 7) is 15.0. The first-order valence-corrected chi connectivity index (χ1v) is 43.7. The van der Waals surface area contributed by atoms with Crippen LogP contribution in [0.3, 0.4) is 0 Å². The van der Waals surface area contributed by atoms with Crippen molar-refractivity contribution in [3.63, 3.8) is 0 Å². The molecule has 38 nitrogen and oxygen atoms in total. The van der Waals surface area contributed by atoms with Crippen LogP contribution in [0, 0.1) is 10.8 Å². The molecular formula is C92H130N6O32.